The maximum absolute atomic E-state index is 10.7. The number of alkyl halides is 3. The summed E-state index contributed by atoms with van der Waals surface area (Å²) in [5.74, 6) is 1.06. The topological polar surface area (TPSA) is 69.4 Å². The third-order valence-electron chi connectivity index (χ3n) is 3.20. The molecule has 142 valence electrons. The highest BCUT2D eigenvalue weighted by Crippen LogP contribution is 2.20. The fourth-order valence-corrected chi connectivity index (χ4v) is 3.95. The van der Waals surface area contributed by atoms with Crippen LogP contribution in [0.25, 0.3) is 0 Å². The predicted octanol–water partition coefficient (Wildman–Crippen LogP) is 2.58. The van der Waals surface area contributed by atoms with Gasteiger partial charge in [0.05, 0.1) is 12.2 Å². The SMILES string of the molecule is C/[N+](C[Si](C)(C)C)=C1\OCCc2ccccc21.O=S(=O)([O-])C(F)(F)F. The number of halogens is 3. The smallest absolute Gasteiger partial charge is 0.485 e. The van der Waals surface area contributed by atoms with Crippen molar-refractivity contribution in [3.8, 4) is 0 Å². The molecule has 0 N–H and O–H groups in total. The van der Waals surface area contributed by atoms with Gasteiger partial charge in [0, 0.05) is 6.42 Å². The van der Waals surface area contributed by atoms with E-state index in [0.717, 1.165) is 25.1 Å². The number of ether oxygens (including phenoxy) is 1. The van der Waals surface area contributed by atoms with Gasteiger partial charge >= 0.3 is 11.4 Å². The molecule has 0 bridgehead atoms. The first-order chi connectivity index (χ1) is 11.2. The largest absolute Gasteiger partial charge is 0.741 e. The van der Waals surface area contributed by atoms with Crippen LogP contribution in [0.4, 0.5) is 13.2 Å². The van der Waals surface area contributed by atoms with E-state index in [4.69, 9.17) is 17.7 Å². The Kier molecular flexibility index (Phi) is 6.82. The lowest BCUT2D eigenvalue weighted by Crippen LogP contribution is -2.38. The van der Waals surface area contributed by atoms with E-state index < -0.39 is 23.7 Å². The van der Waals surface area contributed by atoms with Gasteiger partial charge in [-0.1, -0.05) is 37.8 Å². The first kappa shape index (κ1) is 21.6. The molecular weight excluding hydrogens is 375 g/mol. The van der Waals surface area contributed by atoms with E-state index in [1.165, 1.54) is 11.1 Å². The van der Waals surface area contributed by atoms with Crippen LogP contribution in [0.15, 0.2) is 24.3 Å². The summed E-state index contributed by atoms with van der Waals surface area (Å²) in [6.07, 6.45) is 2.16. The molecule has 0 fully saturated rings. The Morgan fingerprint density at radius 2 is 1.76 bits per heavy atom. The van der Waals surface area contributed by atoms with Gasteiger partial charge in [-0.2, -0.15) is 13.2 Å². The fourth-order valence-electron chi connectivity index (χ4n) is 2.38. The summed E-state index contributed by atoms with van der Waals surface area (Å²) in [7, 11) is -5.04. The monoisotopic (exact) mass is 397 g/mol. The van der Waals surface area contributed by atoms with Crippen LogP contribution in [-0.4, -0.2) is 56.8 Å². The lowest BCUT2D eigenvalue weighted by Gasteiger charge is -2.19. The quantitative estimate of drug-likeness (QED) is 0.333. The molecule has 1 aliphatic heterocycles. The van der Waals surface area contributed by atoms with Crippen LogP contribution in [0, 0.1) is 0 Å². The highest BCUT2D eigenvalue weighted by Gasteiger charge is 2.37. The molecule has 10 heteroatoms. The second kappa shape index (κ2) is 7.88. The van der Waals surface area contributed by atoms with Gasteiger partial charge in [0.2, 0.25) is 0 Å². The minimum Gasteiger partial charge on any atom is -0.741 e. The minimum absolute atomic E-state index is 0.808. The molecule has 0 saturated heterocycles. The highest BCUT2D eigenvalue weighted by molar-refractivity contribution is 7.86. The molecule has 5 nitrogen and oxygen atoms in total. The molecular formula is C15H22F3NO4SSi. The first-order valence-electron chi connectivity index (χ1n) is 7.54. The molecule has 1 aliphatic rings. The van der Waals surface area contributed by atoms with E-state index in [9.17, 15) is 13.2 Å². The van der Waals surface area contributed by atoms with Gasteiger partial charge in [0.15, 0.2) is 10.1 Å². The lowest BCUT2D eigenvalue weighted by molar-refractivity contribution is -0.489. The van der Waals surface area contributed by atoms with Crippen molar-refractivity contribution < 1.29 is 35.5 Å². The fraction of sp³-hybridized carbons (Fsp3) is 0.533. The number of benzene rings is 1. The van der Waals surface area contributed by atoms with E-state index in [1.807, 2.05) is 0 Å². The summed E-state index contributed by atoms with van der Waals surface area (Å²) < 4.78 is 67.1. The van der Waals surface area contributed by atoms with Gasteiger partial charge in [-0.25, -0.2) is 13.0 Å². The van der Waals surface area contributed by atoms with Crippen LogP contribution in [-0.2, 0) is 21.3 Å². The summed E-state index contributed by atoms with van der Waals surface area (Å²) in [6.45, 7) is 7.97. The van der Waals surface area contributed by atoms with Crippen molar-refractivity contribution in [2.24, 2.45) is 0 Å². The Morgan fingerprint density at radius 1 is 1.24 bits per heavy atom. The zero-order valence-electron chi connectivity index (χ0n) is 14.6. The molecule has 0 radical (unpaired) electrons. The molecule has 0 atom stereocenters. The van der Waals surface area contributed by atoms with Crippen molar-refractivity contribution in [2.45, 2.75) is 31.6 Å². The summed E-state index contributed by atoms with van der Waals surface area (Å²) in [5, 5.41) is 0. The normalized spacial score (nSPS) is 17.0. The summed E-state index contributed by atoms with van der Waals surface area (Å²) in [5.41, 5.74) is -2.96. The maximum Gasteiger partial charge on any atom is 0.485 e. The van der Waals surface area contributed by atoms with Crippen molar-refractivity contribution in [2.75, 3.05) is 19.8 Å². The standard InChI is InChI=1S/C14H22NOSi.CHF3O3S/c1-15(11-17(2,3)4)14-13-8-6-5-7-12(13)9-10-16-14;2-1(3,4)8(5,6)7/h5-8H,9-11H2,1-4H3;(H,5,6,7)/q+1;/p-1/b15-14+;. The molecule has 1 heterocycles. The van der Waals surface area contributed by atoms with Crippen molar-refractivity contribution in [3.05, 3.63) is 35.4 Å². The average Bonchev–Trinajstić information content (AvgIpc) is 2.43. The molecule has 1 aromatic carbocycles. The molecule has 25 heavy (non-hydrogen) atoms. The van der Waals surface area contributed by atoms with Gasteiger partial charge in [0.1, 0.15) is 21.3 Å². The predicted molar refractivity (Wildman–Crippen MR) is 90.4 cm³/mol. The van der Waals surface area contributed by atoms with Crippen LogP contribution in [0.3, 0.4) is 0 Å². The van der Waals surface area contributed by atoms with Gasteiger partial charge in [-0.3, -0.25) is 0 Å². The Bertz CT molecular complexity index is 740. The molecule has 0 spiro atoms. The molecule has 0 saturated carbocycles. The number of nitrogens with zero attached hydrogens (tertiary/aromatic N) is 1. The number of hydrogen-bond donors (Lipinski definition) is 0. The number of hydrogen-bond acceptors (Lipinski definition) is 4. The second-order valence-electron chi connectivity index (χ2n) is 6.88. The second-order valence-corrected chi connectivity index (χ2v) is 13.7. The van der Waals surface area contributed by atoms with Gasteiger partial charge in [0.25, 0.3) is 0 Å². The van der Waals surface area contributed by atoms with E-state index in [0.29, 0.717) is 0 Å². The Morgan fingerprint density at radius 3 is 2.24 bits per heavy atom. The Balaban J connectivity index is 0.000000333. The van der Waals surface area contributed by atoms with Crippen molar-refractivity contribution in [1.82, 2.24) is 0 Å². The highest BCUT2D eigenvalue weighted by atomic mass is 32.2. The van der Waals surface area contributed by atoms with Crippen LogP contribution >= 0.6 is 0 Å². The molecule has 1 aromatic rings. The van der Waals surface area contributed by atoms with Crippen LogP contribution in [0.2, 0.25) is 19.6 Å². The molecule has 0 amide bonds. The first-order valence-corrected chi connectivity index (χ1v) is 12.7. The molecule has 0 unspecified atom stereocenters. The molecule has 0 aromatic heterocycles. The molecule has 2 rings (SSSR count). The molecule has 0 aliphatic carbocycles. The number of fused-ring (bicyclic) bond motifs is 1. The van der Waals surface area contributed by atoms with E-state index in [1.54, 1.807) is 0 Å². The third-order valence-corrected chi connectivity index (χ3v) is 5.19. The van der Waals surface area contributed by atoms with Gasteiger partial charge in [-0.15, -0.1) is 0 Å². The van der Waals surface area contributed by atoms with E-state index in [-0.39, 0.29) is 0 Å². The average molecular weight is 397 g/mol. The van der Waals surface area contributed by atoms with Crippen LogP contribution < -0.4 is 0 Å². The number of rotatable bonds is 2. The maximum atomic E-state index is 10.7. The van der Waals surface area contributed by atoms with Crippen molar-refractivity contribution in [3.63, 3.8) is 0 Å². The van der Waals surface area contributed by atoms with E-state index in [2.05, 4.69) is 55.5 Å². The summed E-state index contributed by atoms with van der Waals surface area (Å²) in [6, 6.07) is 8.58. The Labute approximate surface area is 146 Å². The minimum atomic E-state index is -6.09. The zero-order valence-corrected chi connectivity index (χ0v) is 16.4. The van der Waals surface area contributed by atoms with Crippen LogP contribution in [0.5, 0.6) is 0 Å². The third kappa shape index (κ3) is 6.79. The summed E-state index contributed by atoms with van der Waals surface area (Å²) >= 11 is 0. The van der Waals surface area contributed by atoms with Gasteiger partial charge < -0.3 is 9.29 Å². The van der Waals surface area contributed by atoms with Crippen molar-refractivity contribution in [1.29, 1.82) is 0 Å². The van der Waals surface area contributed by atoms with Gasteiger partial charge in [-0.05, 0) is 11.6 Å². The lowest BCUT2D eigenvalue weighted by atomic mass is 10.0. The zero-order chi connectivity index (χ0) is 19.5. The summed E-state index contributed by atoms with van der Waals surface area (Å²) in [4.78, 5) is 0. The Hall–Kier alpha value is -1.39. The van der Waals surface area contributed by atoms with Crippen molar-refractivity contribution >= 4 is 24.1 Å². The van der Waals surface area contributed by atoms with E-state index >= 15 is 0 Å². The van der Waals surface area contributed by atoms with Crippen LogP contribution in [0.1, 0.15) is 11.1 Å².